The van der Waals surface area contributed by atoms with Gasteiger partial charge in [0, 0.05) is 0 Å². The number of allylic oxidation sites excluding steroid dienone is 1. The van der Waals surface area contributed by atoms with Crippen molar-refractivity contribution in [2.45, 2.75) is 13.8 Å². The van der Waals surface area contributed by atoms with Crippen molar-refractivity contribution in [2.24, 2.45) is 5.73 Å². The number of benzene rings is 2. The maximum atomic E-state index is 10.9. The zero-order valence-corrected chi connectivity index (χ0v) is 14.3. The van der Waals surface area contributed by atoms with Gasteiger partial charge in [-0.15, -0.1) is 0 Å². The first kappa shape index (κ1) is 18.1. The molecule has 0 aromatic heterocycles. The fraction of sp³-hybridized carbons (Fsp3) is 0.200. The first-order valence-electron chi connectivity index (χ1n) is 7.90. The van der Waals surface area contributed by atoms with Crippen molar-refractivity contribution < 1.29 is 14.3 Å². The number of ether oxygens (including phenoxy) is 2. The van der Waals surface area contributed by atoms with Crippen LogP contribution in [0.1, 0.15) is 23.6 Å². The number of rotatable bonds is 7. The largest absolute Gasteiger partial charge is 0.490 e. The molecular formula is C20H20N2O3. The van der Waals surface area contributed by atoms with Gasteiger partial charge in [0.2, 0.25) is 0 Å². The molecule has 25 heavy (non-hydrogen) atoms. The number of carbonyl (C=O) groups excluding carboxylic acids is 1. The van der Waals surface area contributed by atoms with E-state index in [1.165, 1.54) is 0 Å². The molecule has 0 heterocycles. The van der Waals surface area contributed by atoms with Crippen LogP contribution in [-0.2, 0) is 4.79 Å². The van der Waals surface area contributed by atoms with Crippen molar-refractivity contribution in [3.8, 4) is 17.6 Å². The van der Waals surface area contributed by atoms with Gasteiger partial charge in [0.15, 0.2) is 18.1 Å². The van der Waals surface area contributed by atoms with Gasteiger partial charge in [-0.3, -0.25) is 4.79 Å². The van der Waals surface area contributed by atoms with Gasteiger partial charge in [0.25, 0.3) is 5.91 Å². The van der Waals surface area contributed by atoms with Crippen LogP contribution < -0.4 is 15.2 Å². The topological polar surface area (TPSA) is 85.3 Å². The Balaban J connectivity index is 2.34. The van der Waals surface area contributed by atoms with Crippen molar-refractivity contribution in [1.82, 2.24) is 0 Å². The molecule has 0 unspecified atom stereocenters. The molecule has 2 N–H and O–H groups in total. The van der Waals surface area contributed by atoms with Gasteiger partial charge >= 0.3 is 0 Å². The number of nitrogens with zero attached hydrogens (tertiary/aromatic N) is 1. The Hall–Kier alpha value is -3.26. The quantitative estimate of drug-likeness (QED) is 0.621. The molecule has 1 amide bonds. The molecule has 0 aliphatic carbocycles. The first-order valence-corrected chi connectivity index (χ1v) is 7.90. The van der Waals surface area contributed by atoms with E-state index in [4.69, 9.17) is 15.2 Å². The molecule has 5 nitrogen and oxygen atoms in total. The third-order valence-corrected chi connectivity index (χ3v) is 3.43. The molecule has 5 heteroatoms. The molecule has 2 rings (SSSR count). The first-order chi connectivity index (χ1) is 12.0. The fourth-order valence-corrected chi connectivity index (χ4v) is 2.23. The van der Waals surface area contributed by atoms with E-state index in [0.29, 0.717) is 23.7 Å². The Labute approximate surface area is 147 Å². The third-order valence-electron chi connectivity index (χ3n) is 3.43. The van der Waals surface area contributed by atoms with Crippen LogP contribution in [0.3, 0.4) is 0 Å². The molecular weight excluding hydrogens is 316 g/mol. The van der Waals surface area contributed by atoms with Crippen LogP contribution in [0.2, 0.25) is 0 Å². The van der Waals surface area contributed by atoms with Gasteiger partial charge in [-0.1, -0.05) is 35.9 Å². The Bertz CT molecular complexity index is 818. The molecule has 0 spiro atoms. The summed E-state index contributed by atoms with van der Waals surface area (Å²) >= 11 is 0. The van der Waals surface area contributed by atoms with Crippen molar-refractivity contribution >= 4 is 17.6 Å². The van der Waals surface area contributed by atoms with Crippen LogP contribution >= 0.6 is 0 Å². The Morgan fingerprint density at radius 2 is 1.88 bits per heavy atom. The van der Waals surface area contributed by atoms with Crippen LogP contribution in [0.5, 0.6) is 11.5 Å². The SMILES string of the molecule is CCOc1cc(/C=C(/C#N)c2ccc(C)cc2)ccc1OCC(N)=O. The molecule has 0 bridgehead atoms. The lowest BCUT2D eigenvalue weighted by atomic mass is 10.0. The molecule has 0 saturated carbocycles. The predicted octanol–water partition coefficient (Wildman–Crippen LogP) is 3.32. The van der Waals surface area contributed by atoms with Crippen LogP contribution in [0.25, 0.3) is 11.6 Å². The minimum Gasteiger partial charge on any atom is -0.490 e. The molecule has 0 aliphatic rings. The number of carbonyl (C=O) groups is 1. The fourth-order valence-electron chi connectivity index (χ4n) is 2.23. The standard InChI is InChI=1S/C20H20N2O3/c1-3-24-19-11-15(6-9-18(19)25-13-20(22)23)10-17(12-21)16-7-4-14(2)5-8-16/h4-11H,3,13H2,1-2H3,(H2,22,23)/b17-10-. The summed E-state index contributed by atoms with van der Waals surface area (Å²) in [6, 6.07) is 15.2. The highest BCUT2D eigenvalue weighted by Gasteiger charge is 2.08. The number of hydrogen-bond donors (Lipinski definition) is 1. The number of nitriles is 1. The summed E-state index contributed by atoms with van der Waals surface area (Å²) in [6.07, 6.45) is 1.78. The van der Waals surface area contributed by atoms with E-state index in [-0.39, 0.29) is 6.61 Å². The van der Waals surface area contributed by atoms with Crippen LogP contribution in [0.4, 0.5) is 0 Å². The third kappa shape index (κ3) is 5.11. The molecule has 2 aromatic carbocycles. The van der Waals surface area contributed by atoms with E-state index in [2.05, 4.69) is 6.07 Å². The van der Waals surface area contributed by atoms with Crippen molar-refractivity contribution in [3.05, 3.63) is 59.2 Å². The number of amides is 1. The van der Waals surface area contributed by atoms with Crippen LogP contribution in [0.15, 0.2) is 42.5 Å². The number of aryl methyl sites for hydroxylation is 1. The van der Waals surface area contributed by atoms with Gasteiger partial charge in [-0.2, -0.15) is 5.26 Å². The minimum absolute atomic E-state index is 0.220. The Morgan fingerprint density at radius 3 is 2.48 bits per heavy atom. The molecule has 0 fully saturated rings. The zero-order valence-electron chi connectivity index (χ0n) is 14.3. The normalized spacial score (nSPS) is 10.8. The van der Waals surface area contributed by atoms with Gasteiger partial charge in [-0.05, 0) is 43.2 Å². The highest BCUT2D eigenvalue weighted by atomic mass is 16.5. The smallest absolute Gasteiger partial charge is 0.255 e. The molecule has 2 aromatic rings. The van der Waals surface area contributed by atoms with Crippen LogP contribution in [0, 0.1) is 18.3 Å². The second-order valence-electron chi connectivity index (χ2n) is 5.43. The second-order valence-corrected chi connectivity index (χ2v) is 5.43. The lowest BCUT2D eigenvalue weighted by Gasteiger charge is -2.11. The summed E-state index contributed by atoms with van der Waals surface area (Å²) < 4.78 is 10.9. The summed E-state index contributed by atoms with van der Waals surface area (Å²) in [4.78, 5) is 10.9. The predicted molar refractivity (Wildman–Crippen MR) is 97.0 cm³/mol. The lowest BCUT2D eigenvalue weighted by molar-refractivity contribution is -0.119. The number of primary amides is 1. The molecule has 0 saturated heterocycles. The van der Waals surface area contributed by atoms with E-state index < -0.39 is 5.91 Å². The van der Waals surface area contributed by atoms with Gasteiger partial charge in [0.1, 0.15) is 0 Å². The van der Waals surface area contributed by atoms with Gasteiger partial charge in [0.05, 0.1) is 18.2 Å². The van der Waals surface area contributed by atoms with E-state index >= 15 is 0 Å². The zero-order chi connectivity index (χ0) is 18.2. The van der Waals surface area contributed by atoms with E-state index in [1.54, 1.807) is 24.3 Å². The maximum Gasteiger partial charge on any atom is 0.255 e. The average Bonchev–Trinajstić information content (AvgIpc) is 2.60. The summed E-state index contributed by atoms with van der Waals surface area (Å²) in [7, 11) is 0. The summed E-state index contributed by atoms with van der Waals surface area (Å²) in [5, 5.41) is 9.46. The van der Waals surface area contributed by atoms with E-state index in [9.17, 15) is 10.1 Å². The average molecular weight is 336 g/mol. The number of hydrogen-bond acceptors (Lipinski definition) is 4. The van der Waals surface area contributed by atoms with E-state index in [1.807, 2.05) is 38.1 Å². The highest BCUT2D eigenvalue weighted by molar-refractivity contribution is 5.89. The van der Waals surface area contributed by atoms with E-state index in [0.717, 1.165) is 16.7 Å². The highest BCUT2D eigenvalue weighted by Crippen LogP contribution is 2.30. The van der Waals surface area contributed by atoms with Crippen molar-refractivity contribution in [1.29, 1.82) is 5.26 Å². The summed E-state index contributed by atoms with van der Waals surface area (Å²) in [5.74, 6) is 0.378. The van der Waals surface area contributed by atoms with Gasteiger partial charge < -0.3 is 15.2 Å². The molecule has 0 atom stereocenters. The minimum atomic E-state index is -0.558. The summed E-state index contributed by atoms with van der Waals surface area (Å²) in [5.41, 5.74) is 8.43. The van der Waals surface area contributed by atoms with Gasteiger partial charge in [-0.25, -0.2) is 0 Å². The Kier molecular flexibility index (Phi) is 6.19. The Morgan fingerprint density at radius 1 is 1.16 bits per heavy atom. The second kappa shape index (κ2) is 8.55. The monoisotopic (exact) mass is 336 g/mol. The van der Waals surface area contributed by atoms with Crippen molar-refractivity contribution in [3.63, 3.8) is 0 Å². The number of nitrogens with two attached hydrogens (primary N) is 1. The molecule has 0 radical (unpaired) electrons. The molecule has 128 valence electrons. The van der Waals surface area contributed by atoms with Crippen LogP contribution in [-0.4, -0.2) is 19.1 Å². The maximum absolute atomic E-state index is 10.9. The van der Waals surface area contributed by atoms with Crippen molar-refractivity contribution in [2.75, 3.05) is 13.2 Å². The lowest BCUT2D eigenvalue weighted by Crippen LogP contribution is -2.20. The summed E-state index contributed by atoms with van der Waals surface area (Å²) in [6.45, 7) is 4.08. The molecule has 0 aliphatic heterocycles.